The largest absolute Gasteiger partial charge is 0.489 e. The summed E-state index contributed by atoms with van der Waals surface area (Å²) in [7, 11) is 0. The molecule has 6 nitrogen and oxygen atoms in total. The Kier molecular flexibility index (Phi) is 5.79. The van der Waals surface area contributed by atoms with Crippen LogP contribution in [0.3, 0.4) is 0 Å². The van der Waals surface area contributed by atoms with Gasteiger partial charge in [0.15, 0.2) is 0 Å². The Morgan fingerprint density at radius 1 is 0.926 bits per heavy atom. The molecule has 0 radical (unpaired) electrons. The van der Waals surface area contributed by atoms with Gasteiger partial charge in [0.05, 0.1) is 4.92 Å². The highest BCUT2D eigenvalue weighted by Crippen LogP contribution is 2.16. The number of non-ortho nitro benzene ring substituents is 1. The van der Waals surface area contributed by atoms with Gasteiger partial charge in [-0.1, -0.05) is 48.5 Å². The summed E-state index contributed by atoms with van der Waals surface area (Å²) < 4.78 is 5.78. The Bertz CT molecular complexity index is 942. The lowest BCUT2D eigenvalue weighted by atomic mass is 10.1. The van der Waals surface area contributed by atoms with Crippen LogP contribution in [-0.4, -0.2) is 10.8 Å². The molecule has 0 aliphatic rings. The maximum absolute atomic E-state index is 12.2. The van der Waals surface area contributed by atoms with Gasteiger partial charge >= 0.3 is 0 Å². The average Bonchev–Trinajstić information content (AvgIpc) is 2.71. The number of nitrogens with one attached hydrogen (secondary N) is 1. The van der Waals surface area contributed by atoms with Crippen LogP contribution in [0.25, 0.3) is 0 Å². The Hall–Kier alpha value is -3.67. The standard InChI is InChI=1S/C21H18N2O4/c24-21(18-9-5-10-19(13-18)23(25)26)22-14-17-8-4-11-20(12-17)27-15-16-6-2-1-3-7-16/h1-13H,14-15H2,(H,22,24). The Balaban J connectivity index is 1.58. The lowest BCUT2D eigenvalue weighted by molar-refractivity contribution is -0.384. The number of nitro groups is 1. The number of hydrogen-bond acceptors (Lipinski definition) is 4. The zero-order valence-corrected chi connectivity index (χ0v) is 14.5. The van der Waals surface area contributed by atoms with Crippen LogP contribution in [0.5, 0.6) is 5.75 Å². The first-order valence-corrected chi connectivity index (χ1v) is 8.40. The highest BCUT2D eigenvalue weighted by atomic mass is 16.6. The molecule has 0 saturated heterocycles. The van der Waals surface area contributed by atoms with E-state index in [0.29, 0.717) is 18.9 Å². The summed E-state index contributed by atoms with van der Waals surface area (Å²) in [5, 5.41) is 13.6. The van der Waals surface area contributed by atoms with Crippen molar-refractivity contribution < 1.29 is 14.5 Å². The second-order valence-corrected chi connectivity index (χ2v) is 5.91. The molecule has 6 heteroatoms. The van der Waals surface area contributed by atoms with E-state index in [-0.39, 0.29) is 17.2 Å². The topological polar surface area (TPSA) is 81.5 Å². The van der Waals surface area contributed by atoms with Gasteiger partial charge in [0.25, 0.3) is 11.6 Å². The number of nitrogens with zero attached hydrogens (tertiary/aromatic N) is 1. The first-order valence-electron chi connectivity index (χ1n) is 8.40. The predicted molar refractivity (Wildman–Crippen MR) is 101 cm³/mol. The number of carbonyl (C=O) groups excluding carboxylic acids is 1. The number of benzene rings is 3. The van der Waals surface area contributed by atoms with Crippen LogP contribution in [0.4, 0.5) is 5.69 Å². The quantitative estimate of drug-likeness (QED) is 0.507. The molecule has 0 heterocycles. The molecule has 0 aromatic heterocycles. The molecule has 27 heavy (non-hydrogen) atoms. The van der Waals surface area contributed by atoms with Crippen LogP contribution in [0.15, 0.2) is 78.9 Å². The first kappa shape index (κ1) is 18.1. The van der Waals surface area contributed by atoms with Gasteiger partial charge in [0, 0.05) is 24.2 Å². The zero-order chi connectivity index (χ0) is 19.1. The van der Waals surface area contributed by atoms with E-state index in [0.717, 1.165) is 11.1 Å². The van der Waals surface area contributed by atoms with Crippen molar-refractivity contribution in [2.75, 3.05) is 0 Å². The summed E-state index contributed by atoms with van der Waals surface area (Å²) in [6.45, 7) is 0.758. The van der Waals surface area contributed by atoms with Gasteiger partial charge in [-0.2, -0.15) is 0 Å². The van der Waals surface area contributed by atoms with E-state index in [9.17, 15) is 14.9 Å². The third kappa shape index (κ3) is 5.15. The van der Waals surface area contributed by atoms with Gasteiger partial charge in [0.1, 0.15) is 12.4 Å². The smallest absolute Gasteiger partial charge is 0.270 e. The summed E-state index contributed by atoms with van der Waals surface area (Å²) in [5.74, 6) is 0.343. The highest BCUT2D eigenvalue weighted by molar-refractivity contribution is 5.94. The molecule has 0 spiro atoms. The van der Waals surface area contributed by atoms with Crippen molar-refractivity contribution >= 4 is 11.6 Å². The highest BCUT2D eigenvalue weighted by Gasteiger charge is 2.11. The molecular weight excluding hydrogens is 344 g/mol. The molecule has 136 valence electrons. The van der Waals surface area contributed by atoms with Crippen molar-refractivity contribution in [1.29, 1.82) is 0 Å². The van der Waals surface area contributed by atoms with Gasteiger partial charge in [-0.05, 0) is 29.3 Å². The maximum Gasteiger partial charge on any atom is 0.270 e. The van der Waals surface area contributed by atoms with E-state index in [1.54, 1.807) is 6.07 Å². The Labute approximate surface area is 156 Å². The maximum atomic E-state index is 12.2. The van der Waals surface area contributed by atoms with Crippen molar-refractivity contribution in [1.82, 2.24) is 5.32 Å². The van der Waals surface area contributed by atoms with E-state index in [4.69, 9.17) is 4.74 Å². The molecule has 0 bridgehead atoms. The molecule has 3 aromatic rings. The second-order valence-electron chi connectivity index (χ2n) is 5.91. The summed E-state index contributed by atoms with van der Waals surface area (Å²) in [4.78, 5) is 22.5. The van der Waals surface area contributed by atoms with E-state index in [2.05, 4.69) is 5.32 Å². The van der Waals surface area contributed by atoms with Crippen LogP contribution in [-0.2, 0) is 13.2 Å². The van der Waals surface area contributed by atoms with Crippen molar-refractivity contribution in [2.45, 2.75) is 13.2 Å². The number of carbonyl (C=O) groups is 1. The molecule has 1 amide bonds. The molecule has 3 rings (SSSR count). The predicted octanol–water partition coefficient (Wildman–Crippen LogP) is 4.10. The molecule has 0 unspecified atom stereocenters. The second kappa shape index (κ2) is 8.62. The molecule has 0 saturated carbocycles. The van der Waals surface area contributed by atoms with E-state index in [1.165, 1.54) is 18.2 Å². The summed E-state index contributed by atoms with van der Waals surface area (Å²) in [5.41, 5.74) is 2.08. The molecular formula is C21H18N2O4. The minimum Gasteiger partial charge on any atom is -0.489 e. The summed E-state index contributed by atoms with van der Waals surface area (Å²) >= 11 is 0. The first-order chi connectivity index (χ1) is 13.1. The van der Waals surface area contributed by atoms with E-state index in [1.807, 2.05) is 54.6 Å². The van der Waals surface area contributed by atoms with Crippen molar-refractivity contribution in [3.8, 4) is 5.75 Å². The van der Waals surface area contributed by atoms with E-state index >= 15 is 0 Å². The summed E-state index contributed by atoms with van der Waals surface area (Å²) in [6.07, 6.45) is 0. The molecule has 0 atom stereocenters. The van der Waals surface area contributed by atoms with Gasteiger partial charge in [-0.25, -0.2) is 0 Å². The van der Waals surface area contributed by atoms with Crippen molar-refractivity contribution in [3.63, 3.8) is 0 Å². The third-order valence-corrected chi connectivity index (χ3v) is 3.92. The Morgan fingerprint density at radius 2 is 1.67 bits per heavy atom. The number of amides is 1. The normalized spacial score (nSPS) is 10.2. The molecule has 0 aliphatic carbocycles. The van der Waals surface area contributed by atoms with Crippen LogP contribution in [0, 0.1) is 10.1 Å². The van der Waals surface area contributed by atoms with E-state index < -0.39 is 4.92 Å². The fraction of sp³-hybridized carbons (Fsp3) is 0.0952. The lowest BCUT2D eigenvalue weighted by Gasteiger charge is -2.09. The number of nitro benzene ring substituents is 1. The number of hydrogen-bond donors (Lipinski definition) is 1. The minimum atomic E-state index is -0.523. The van der Waals surface area contributed by atoms with Crippen LogP contribution < -0.4 is 10.1 Å². The van der Waals surface area contributed by atoms with Crippen LogP contribution in [0.1, 0.15) is 21.5 Å². The molecule has 0 fully saturated rings. The van der Waals surface area contributed by atoms with Gasteiger partial charge in [0.2, 0.25) is 0 Å². The number of ether oxygens (including phenoxy) is 1. The van der Waals surface area contributed by atoms with Gasteiger partial charge in [-0.15, -0.1) is 0 Å². The number of rotatable bonds is 7. The average molecular weight is 362 g/mol. The minimum absolute atomic E-state index is 0.112. The fourth-order valence-electron chi connectivity index (χ4n) is 2.53. The fourth-order valence-corrected chi connectivity index (χ4v) is 2.53. The van der Waals surface area contributed by atoms with Gasteiger partial charge in [-0.3, -0.25) is 14.9 Å². The SMILES string of the molecule is O=C(NCc1cccc(OCc2ccccc2)c1)c1cccc([N+](=O)[O-])c1. The molecule has 0 aliphatic heterocycles. The van der Waals surface area contributed by atoms with Crippen molar-refractivity contribution in [3.05, 3.63) is 106 Å². The summed E-state index contributed by atoms with van der Waals surface area (Å²) in [6, 6.07) is 22.9. The monoisotopic (exact) mass is 362 g/mol. The Morgan fingerprint density at radius 3 is 2.44 bits per heavy atom. The van der Waals surface area contributed by atoms with Crippen molar-refractivity contribution in [2.24, 2.45) is 0 Å². The van der Waals surface area contributed by atoms with Crippen LogP contribution in [0.2, 0.25) is 0 Å². The molecule has 1 N–H and O–H groups in total. The lowest BCUT2D eigenvalue weighted by Crippen LogP contribution is -2.22. The molecule has 3 aromatic carbocycles. The zero-order valence-electron chi connectivity index (χ0n) is 14.5. The van der Waals surface area contributed by atoms with Gasteiger partial charge < -0.3 is 10.1 Å². The van der Waals surface area contributed by atoms with Crippen LogP contribution >= 0.6 is 0 Å². The third-order valence-electron chi connectivity index (χ3n) is 3.92.